The molecule has 4 rings (SSSR count). The van der Waals surface area contributed by atoms with Crippen LogP contribution in [0.25, 0.3) is 11.4 Å². The van der Waals surface area contributed by atoms with Crippen LogP contribution in [0.2, 0.25) is 0 Å². The molecule has 0 radical (unpaired) electrons. The molecule has 0 aliphatic carbocycles. The quantitative estimate of drug-likeness (QED) is 0.595. The van der Waals surface area contributed by atoms with Gasteiger partial charge < -0.3 is 14.2 Å². The summed E-state index contributed by atoms with van der Waals surface area (Å²) in [5, 5.41) is 3.91. The third-order valence-electron chi connectivity index (χ3n) is 5.36. The average Bonchev–Trinajstić information content (AvgIpc) is 3.28. The zero-order valence-corrected chi connectivity index (χ0v) is 16.7. The molecule has 0 unspecified atom stereocenters. The van der Waals surface area contributed by atoms with Gasteiger partial charge in [0.1, 0.15) is 5.75 Å². The Morgan fingerprint density at radius 2 is 1.84 bits per heavy atom. The van der Waals surface area contributed by atoms with E-state index in [1.54, 1.807) is 36.3 Å². The van der Waals surface area contributed by atoms with Crippen molar-refractivity contribution in [2.24, 2.45) is 0 Å². The van der Waals surface area contributed by atoms with Gasteiger partial charge in [-0.15, -0.1) is 0 Å². The highest BCUT2D eigenvalue weighted by atomic mass is 19.4. The Hall–Kier alpha value is -3.36. The van der Waals surface area contributed by atoms with Crippen molar-refractivity contribution in [1.29, 1.82) is 0 Å². The van der Waals surface area contributed by atoms with Gasteiger partial charge in [0.25, 0.3) is 5.91 Å². The lowest BCUT2D eigenvalue weighted by Gasteiger charge is -2.30. The van der Waals surface area contributed by atoms with Gasteiger partial charge in [0.2, 0.25) is 11.7 Å². The lowest BCUT2D eigenvalue weighted by atomic mass is 9.96. The number of halogens is 3. The van der Waals surface area contributed by atoms with Gasteiger partial charge in [0.15, 0.2) is 0 Å². The van der Waals surface area contributed by atoms with E-state index < -0.39 is 11.7 Å². The number of alkyl halides is 3. The van der Waals surface area contributed by atoms with Gasteiger partial charge in [0.05, 0.1) is 12.7 Å². The molecule has 3 aromatic rings. The summed E-state index contributed by atoms with van der Waals surface area (Å²) >= 11 is 0. The first kappa shape index (κ1) is 20.9. The van der Waals surface area contributed by atoms with Crippen molar-refractivity contribution in [3.8, 4) is 17.1 Å². The van der Waals surface area contributed by atoms with Crippen LogP contribution < -0.4 is 4.74 Å². The molecular weight excluding hydrogens is 411 g/mol. The van der Waals surface area contributed by atoms with Crippen LogP contribution in [-0.4, -0.2) is 41.1 Å². The maximum absolute atomic E-state index is 12.7. The van der Waals surface area contributed by atoms with Gasteiger partial charge in [-0.2, -0.15) is 18.2 Å². The number of nitrogens with zero attached hydrogens (tertiary/aromatic N) is 3. The monoisotopic (exact) mass is 431 g/mol. The first-order valence-electron chi connectivity index (χ1n) is 9.79. The van der Waals surface area contributed by atoms with Crippen LogP contribution in [-0.2, 0) is 6.18 Å². The minimum Gasteiger partial charge on any atom is -0.497 e. The first-order chi connectivity index (χ1) is 14.8. The van der Waals surface area contributed by atoms with Gasteiger partial charge in [-0.1, -0.05) is 23.4 Å². The number of ether oxygens (including phenoxy) is 1. The standard InChI is InChI=1S/C22H20F3N3O3/c1-30-18-4-2-3-16(13-18)21(29)28-11-9-15(10-12-28)20-26-19(27-31-20)14-5-7-17(8-6-14)22(23,24)25/h2-8,13,15H,9-12H2,1H3. The number of hydrogen-bond donors (Lipinski definition) is 0. The minimum atomic E-state index is -4.39. The molecule has 6 nitrogen and oxygen atoms in total. The third kappa shape index (κ3) is 4.55. The van der Waals surface area contributed by atoms with E-state index >= 15 is 0 Å². The van der Waals surface area contributed by atoms with Crippen LogP contribution in [0.3, 0.4) is 0 Å². The molecule has 1 aliphatic heterocycles. The number of benzene rings is 2. The zero-order chi connectivity index (χ0) is 22.0. The fraction of sp³-hybridized carbons (Fsp3) is 0.318. The highest BCUT2D eigenvalue weighted by molar-refractivity contribution is 5.94. The largest absolute Gasteiger partial charge is 0.497 e. The molecule has 9 heteroatoms. The van der Waals surface area contributed by atoms with Crippen molar-refractivity contribution in [1.82, 2.24) is 15.0 Å². The number of carbonyl (C=O) groups is 1. The number of aromatic nitrogens is 2. The van der Waals surface area contributed by atoms with Crippen molar-refractivity contribution < 1.29 is 27.2 Å². The van der Waals surface area contributed by atoms with Gasteiger partial charge in [-0.25, -0.2) is 0 Å². The van der Waals surface area contributed by atoms with Crippen molar-refractivity contribution in [3.05, 3.63) is 65.5 Å². The Morgan fingerprint density at radius 3 is 2.48 bits per heavy atom. The number of likely N-dealkylation sites (tertiary alicyclic amines) is 1. The number of hydrogen-bond acceptors (Lipinski definition) is 5. The molecule has 1 saturated heterocycles. The van der Waals surface area contributed by atoms with Crippen molar-refractivity contribution >= 4 is 5.91 Å². The molecule has 2 aromatic carbocycles. The second kappa shape index (κ2) is 8.41. The summed E-state index contributed by atoms with van der Waals surface area (Å²) in [5.74, 6) is 1.24. The molecule has 162 valence electrons. The van der Waals surface area contributed by atoms with Crippen molar-refractivity contribution in [2.75, 3.05) is 20.2 Å². The summed E-state index contributed by atoms with van der Waals surface area (Å²) in [6, 6.07) is 11.7. The average molecular weight is 431 g/mol. The van der Waals surface area contributed by atoms with E-state index in [1.807, 2.05) is 0 Å². The van der Waals surface area contributed by atoms with E-state index in [4.69, 9.17) is 9.26 Å². The van der Waals surface area contributed by atoms with Crippen molar-refractivity contribution in [2.45, 2.75) is 24.9 Å². The molecule has 2 heterocycles. The summed E-state index contributed by atoms with van der Waals surface area (Å²) in [5.41, 5.74) is 0.293. The fourth-order valence-corrected chi connectivity index (χ4v) is 3.59. The molecule has 0 bridgehead atoms. The van der Waals surface area contributed by atoms with E-state index in [9.17, 15) is 18.0 Å². The summed E-state index contributed by atoms with van der Waals surface area (Å²) in [7, 11) is 1.55. The normalized spacial score (nSPS) is 15.2. The van der Waals surface area contributed by atoms with Gasteiger partial charge >= 0.3 is 6.18 Å². The Balaban J connectivity index is 1.39. The first-order valence-corrected chi connectivity index (χ1v) is 9.79. The molecule has 0 spiro atoms. The Morgan fingerprint density at radius 1 is 1.13 bits per heavy atom. The minimum absolute atomic E-state index is 0.00921. The predicted molar refractivity (Wildman–Crippen MR) is 106 cm³/mol. The molecule has 31 heavy (non-hydrogen) atoms. The molecule has 0 atom stereocenters. The number of carbonyl (C=O) groups excluding carboxylic acids is 1. The summed E-state index contributed by atoms with van der Waals surface area (Å²) in [6.07, 6.45) is -3.08. The van der Waals surface area contributed by atoms with E-state index in [0.717, 1.165) is 12.1 Å². The van der Waals surface area contributed by atoms with Gasteiger partial charge in [0, 0.05) is 30.1 Å². The van der Waals surface area contributed by atoms with E-state index in [1.165, 1.54) is 12.1 Å². The van der Waals surface area contributed by atoms with Crippen LogP contribution in [0.5, 0.6) is 5.75 Å². The molecule has 1 aromatic heterocycles. The topological polar surface area (TPSA) is 68.5 Å². The van der Waals surface area contributed by atoms with Crippen LogP contribution >= 0.6 is 0 Å². The fourth-order valence-electron chi connectivity index (χ4n) is 3.59. The smallest absolute Gasteiger partial charge is 0.416 e. The number of amides is 1. The maximum Gasteiger partial charge on any atom is 0.416 e. The maximum atomic E-state index is 12.7. The zero-order valence-electron chi connectivity index (χ0n) is 16.7. The number of methoxy groups -OCH3 is 1. The van der Waals surface area contributed by atoms with Gasteiger partial charge in [-0.3, -0.25) is 4.79 Å². The Labute approximate surface area is 176 Å². The predicted octanol–water partition coefficient (Wildman–Crippen LogP) is 4.78. The summed E-state index contributed by atoms with van der Waals surface area (Å²) in [6.45, 7) is 1.08. The second-order valence-electron chi connectivity index (χ2n) is 7.33. The molecule has 0 N–H and O–H groups in total. The van der Waals surface area contributed by atoms with E-state index in [0.29, 0.717) is 48.7 Å². The number of piperidine rings is 1. The SMILES string of the molecule is COc1cccc(C(=O)N2CCC(c3nc(-c4ccc(C(F)(F)F)cc4)no3)CC2)c1. The van der Waals surface area contributed by atoms with Gasteiger partial charge in [-0.05, 0) is 43.2 Å². The summed E-state index contributed by atoms with van der Waals surface area (Å²) < 4.78 is 48.7. The van der Waals surface area contributed by atoms with Crippen LogP contribution in [0.4, 0.5) is 13.2 Å². The van der Waals surface area contributed by atoms with Crippen LogP contribution in [0.1, 0.15) is 40.6 Å². The van der Waals surface area contributed by atoms with Crippen LogP contribution in [0.15, 0.2) is 53.1 Å². The lowest BCUT2D eigenvalue weighted by Crippen LogP contribution is -2.38. The summed E-state index contributed by atoms with van der Waals surface area (Å²) in [4.78, 5) is 18.9. The molecule has 1 amide bonds. The molecule has 1 aliphatic rings. The third-order valence-corrected chi connectivity index (χ3v) is 5.36. The van der Waals surface area contributed by atoms with E-state index in [2.05, 4.69) is 10.1 Å². The Bertz CT molecular complexity index is 1060. The molecule has 1 fully saturated rings. The Kier molecular flexibility index (Phi) is 5.67. The lowest BCUT2D eigenvalue weighted by molar-refractivity contribution is -0.137. The molecule has 0 saturated carbocycles. The van der Waals surface area contributed by atoms with E-state index in [-0.39, 0.29) is 17.6 Å². The number of rotatable bonds is 4. The van der Waals surface area contributed by atoms with Crippen LogP contribution in [0, 0.1) is 0 Å². The highest BCUT2D eigenvalue weighted by Gasteiger charge is 2.31. The molecular formula is C22H20F3N3O3. The highest BCUT2D eigenvalue weighted by Crippen LogP contribution is 2.32. The second-order valence-corrected chi connectivity index (χ2v) is 7.33. The van der Waals surface area contributed by atoms with Crippen molar-refractivity contribution in [3.63, 3.8) is 0 Å².